The molecule has 0 radical (unpaired) electrons. The first-order valence-electron chi connectivity index (χ1n) is 6.46. The van der Waals surface area contributed by atoms with Gasteiger partial charge < -0.3 is 19.4 Å². The number of aromatic nitrogens is 2. The third-order valence-corrected chi connectivity index (χ3v) is 2.72. The fourth-order valence-corrected chi connectivity index (χ4v) is 1.67. The average Bonchev–Trinajstić information content (AvgIpc) is 2.68. The van der Waals surface area contributed by atoms with Gasteiger partial charge in [0.05, 0.1) is 25.5 Å². The number of nitrogens with zero attached hydrogens (tertiary/aromatic N) is 2. The zero-order valence-corrected chi connectivity index (χ0v) is 11.9. The van der Waals surface area contributed by atoms with Gasteiger partial charge in [0.15, 0.2) is 0 Å². The van der Waals surface area contributed by atoms with E-state index in [0.29, 0.717) is 25.9 Å². The molecule has 1 N–H and O–H groups in total. The molecule has 5 nitrogen and oxygen atoms in total. The summed E-state index contributed by atoms with van der Waals surface area (Å²) in [6.07, 6.45) is 1.93. The Bertz CT molecular complexity index is 337. The van der Waals surface area contributed by atoms with E-state index in [1.807, 2.05) is 13.1 Å². The largest absolute Gasteiger partial charge is 0.382 e. The summed E-state index contributed by atoms with van der Waals surface area (Å²) >= 11 is 0. The smallest absolute Gasteiger partial charge is 0.105 e. The van der Waals surface area contributed by atoms with Gasteiger partial charge in [0.25, 0.3) is 0 Å². The maximum atomic E-state index is 5.49. The standard InChI is InChI=1S/C13H25N3O2/c1-11(2)14-9-13-10-15-12(3)16(13)5-6-18-8-7-17-4/h10-11,14H,5-9H2,1-4H3. The van der Waals surface area contributed by atoms with E-state index < -0.39 is 0 Å². The van der Waals surface area contributed by atoms with Gasteiger partial charge in [0.1, 0.15) is 5.82 Å². The zero-order chi connectivity index (χ0) is 13.4. The molecule has 0 amide bonds. The molecule has 0 atom stereocenters. The molecule has 1 aromatic heterocycles. The zero-order valence-electron chi connectivity index (χ0n) is 11.9. The Morgan fingerprint density at radius 1 is 1.33 bits per heavy atom. The maximum absolute atomic E-state index is 5.49. The first-order chi connectivity index (χ1) is 8.65. The van der Waals surface area contributed by atoms with Gasteiger partial charge in [0, 0.05) is 32.4 Å². The highest BCUT2D eigenvalue weighted by atomic mass is 16.5. The number of methoxy groups -OCH3 is 1. The molecule has 18 heavy (non-hydrogen) atoms. The summed E-state index contributed by atoms with van der Waals surface area (Å²) in [4.78, 5) is 4.35. The van der Waals surface area contributed by atoms with E-state index >= 15 is 0 Å². The van der Waals surface area contributed by atoms with Crippen molar-refractivity contribution in [1.29, 1.82) is 0 Å². The number of aryl methyl sites for hydroxylation is 1. The Labute approximate surface area is 109 Å². The third-order valence-electron chi connectivity index (χ3n) is 2.72. The van der Waals surface area contributed by atoms with Crippen LogP contribution >= 0.6 is 0 Å². The van der Waals surface area contributed by atoms with E-state index in [1.54, 1.807) is 7.11 Å². The maximum Gasteiger partial charge on any atom is 0.105 e. The number of hydrogen-bond acceptors (Lipinski definition) is 4. The minimum absolute atomic E-state index is 0.478. The van der Waals surface area contributed by atoms with Crippen molar-refractivity contribution in [2.45, 2.75) is 39.9 Å². The monoisotopic (exact) mass is 255 g/mol. The van der Waals surface area contributed by atoms with Crippen LogP contribution in [0.3, 0.4) is 0 Å². The van der Waals surface area contributed by atoms with E-state index in [4.69, 9.17) is 9.47 Å². The molecule has 1 heterocycles. The molecule has 104 valence electrons. The van der Waals surface area contributed by atoms with E-state index in [9.17, 15) is 0 Å². The molecular weight excluding hydrogens is 230 g/mol. The summed E-state index contributed by atoms with van der Waals surface area (Å²) in [5.41, 5.74) is 1.21. The molecule has 0 spiro atoms. The first-order valence-corrected chi connectivity index (χ1v) is 6.46. The molecule has 0 aromatic carbocycles. The topological polar surface area (TPSA) is 48.3 Å². The second-order valence-corrected chi connectivity index (χ2v) is 4.59. The molecule has 0 unspecified atom stereocenters. The van der Waals surface area contributed by atoms with Crippen LogP contribution in [-0.2, 0) is 22.6 Å². The summed E-state index contributed by atoms with van der Waals surface area (Å²) in [6, 6.07) is 0.478. The summed E-state index contributed by atoms with van der Waals surface area (Å²) in [5, 5.41) is 3.40. The predicted molar refractivity (Wildman–Crippen MR) is 71.6 cm³/mol. The lowest BCUT2D eigenvalue weighted by atomic mass is 10.3. The molecule has 0 bridgehead atoms. The first kappa shape index (κ1) is 15.1. The van der Waals surface area contributed by atoms with Crippen molar-refractivity contribution in [1.82, 2.24) is 14.9 Å². The van der Waals surface area contributed by atoms with Crippen LogP contribution in [0.15, 0.2) is 6.20 Å². The van der Waals surface area contributed by atoms with Crippen molar-refractivity contribution in [3.8, 4) is 0 Å². The van der Waals surface area contributed by atoms with Crippen LogP contribution < -0.4 is 5.32 Å². The fraction of sp³-hybridized carbons (Fsp3) is 0.769. The lowest BCUT2D eigenvalue weighted by Crippen LogP contribution is -2.24. The van der Waals surface area contributed by atoms with Crippen molar-refractivity contribution < 1.29 is 9.47 Å². The lowest BCUT2D eigenvalue weighted by molar-refractivity contribution is 0.0661. The number of ether oxygens (including phenoxy) is 2. The van der Waals surface area contributed by atoms with E-state index in [-0.39, 0.29) is 0 Å². The number of nitrogens with one attached hydrogen (secondary N) is 1. The van der Waals surface area contributed by atoms with Crippen LogP contribution in [0.4, 0.5) is 0 Å². The van der Waals surface area contributed by atoms with Gasteiger partial charge in [0.2, 0.25) is 0 Å². The molecule has 0 aliphatic heterocycles. The summed E-state index contributed by atoms with van der Waals surface area (Å²) in [7, 11) is 1.68. The van der Waals surface area contributed by atoms with Gasteiger partial charge in [-0.2, -0.15) is 0 Å². The van der Waals surface area contributed by atoms with Crippen LogP contribution in [0.2, 0.25) is 0 Å². The van der Waals surface area contributed by atoms with Gasteiger partial charge in [-0.3, -0.25) is 0 Å². The highest BCUT2D eigenvalue weighted by Gasteiger charge is 2.06. The van der Waals surface area contributed by atoms with Crippen LogP contribution in [0.25, 0.3) is 0 Å². The number of rotatable bonds is 9. The quantitative estimate of drug-likeness (QED) is 0.677. The van der Waals surface area contributed by atoms with Crippen LogP contribution in [0, 0.1) is 6.92 Å². The Kier molecular flexibility index (Phi) is 6.93. The van der Waals surface area contributed by atoms with Gasteiger partial charge in [-0.15, -0.1) is 0 Å². The molecule has 0 saturated heterocycles. The minimum Gasteiger partial charge on any atom is -0.382 e. The van der Waals surface area contributed by atoms with Crippen molar-refractivity contribution in [2.75, 3.05) is 26.9 Å². The Balaban J connectivity index is 2.40. The van der Waals surface area contributed by atoms with E-state index in [1.165, 1.54) is 5.69 Å². The lowest BCUT2D eigenvalue weighted by Gasteiger charge is -2.13. The second kappa shape index (κ2) is 8.24. The molecule has 1 rings (SSSR count). The molecule has 0 saturated carbocycles. The summed E-state index contributed by atoms with van der Waals surface area (Å²) in [5.74, 6) is 1.03. The van der Waals surface area contributed by atoms with Crippen LogP contribution in [-0.4, -0.2) is 42.5 Å². The van der Waals surface area contributed by atoms with Crippen LogP contribution in [0.1, 0.15) is 25.4 Å². The van der Waals surface area contributed by atoms with Crippen molar-refractivity contribution >= 4 is 0 Å². The van der Waals surface area contributed by atoms with Crippen molar-refractivity contribution in [2.24, 2.45) is 0 Å². The van der Waals surface area contributed by atoms with Crippen molar-refractivity contribution in [3.05, 3.63) is 17.7 Å². The third kappa shape index (κ3) is 5.16. The molecule has 0 aliphatic carbocycles. The highest BCUT2D eigenvalue weighted by Crippen LogP contribution is 2.05. The molecule has 0 aliphatic rings. The summed E-state index contributed by atoms with van der Waals surface area (Å²) < 4.78 is 12.6. The summed E-state index contributed by atoms with van der Waals surface area (Å²) in [6.45, 7) is 9.96. The normalized spacial score (nSPS) is 11.4. The van der Waals surface area contributed by atoms with Gasteiger partial charge >= 0.3 is 0 Å². The fourth-order valence-electron chi connectivity index (χ4n) is 1.67. The molecule has 5 heteroatoms. The van der Waals surface area contributed by atoms with E-state index in [0.717, 1.165) is 18.9 Å². The highest BCUT2D eigenvalue weighted by molar-refractivity contribution is 5.04. The second-order valence-electron chi connectivity index (χ2n) is 4.59. The average molecular weight is 255 g/mol. The van der Waals surface area contributed by atoms with E-state index in [2.05, 4.69) is 28.7 Å². The van der Waals surface area contributed by atoms with Crippen LogP contribution in [0.5, 0.6) is 0 Å². The van der Waals surface area contributed by atoms with Gasteiger partial charge in [-0.1, -0.05) is 13.8 Å². The SMILES string of the molecule is COCCOCCn1c(CNC(C)C)cnc1C. The van der Waals surface area contributed by atoms with Gasteiger partial charge in [-0.25, -0.2) is 4.98 Å². The van der Waals surface area contributed by atoms with Crippen molar-refractivity contribution in [3.63, 3.8) is 0 Å². The molecular formula is C13H25N3O2. The Morgan fingerprint density at radius 2 is 2.11 bits per heavy atom. The number of hydrogen-bond donors (Lipinski definition) is 1. The molecule has 0 fully saturated rings. The van der Waals surface area contributed by atoms with Gasteiger partial charge in [-0.05, 0) is 6.92 Å². The predicted octanol–water partition coefficient (Wildman–Crippen LogP) is 1.35. The minimum atomic E-state index is 0.478. The Hall–Kier alpha value is -0.910. The molecule has 1 aromatic rings. The Morgan fingerprint density at radius 3 is 2.78 bits per heavy atom. The number of imidazole rings is 1.